The van der Waals surface area contributed by atoms with Gasteiger partial charge in [0, 0.05) is 13.7 Å². The first-order valence-electron chi connectivity index (χ1n) is 6.22. The molecule has 0 spiro atoms. The average molecular weight is 245 g/mol. The number of hydrogen-bond acceptors (Lipinski definition) is 4. The molecule has 1 rings (SSSR count). The second-order valence-electron chi connectivity index (χ2n) is 4.75. The van der Waals surface area contributed by atoms with Crippen molar-refractivity contribution in [3.05, 3.63) is 0 Å². The van der Waals surface area contributed by atoms with Crippen LogP contribution in [0, 0.1) is 0 Å². The van der Waals surface area contributed by atoms with Crippen molar-refractivity contribution in [2.24, 2.45) is 0 Å². The molecule has 0 aromatic heterocycles. The Bertz CT molecular complexity index is 259. The van der Waals surface area contributed by atoms with Crippen molar-refractivity contribution in [1.29, 1.82) is 0 Å². The van der Waals surface area contributed by atoms with E-state index in [0.29, 0.717) is 19.4 Å². The Hall–Kier alpha value is -0.650. The Morgan fingerprint density at radius 2 is 2.29 bits per heavy atom. The van der Waals surface area contributed by atoms with Crippen LogP contribution in [0.5, 0.6) is 0 Å². The summed E-state index contributed by atoms with van der Waals surface area (Å²) in [5, 5.41) is 19.2. The molecular weight excluding hydrogens is 222 g/mol. The lowest BCUT2D eigenvalue weighted by molar-refractivity contribution is -0.151. The van der Waals surface area contributed by atoms with Gasteiger partial charge in [0.2, 0.25) is 0 Å². The average Bonchev–Trinajstić information content (AvgIpc) is 2.63. The molecule has 2 N–H and O–H groups in total. The van der Waals surface area contributed by atoms with Crippen LogP contribution in [0.2, 0.25) is 0 Å². The van der Waals surface area contributed by atoms with E-state index in [-0.39, 0.29) is 6.61 Å². The number of β-amino-alcohol motifs (C(OH)–C–C–N with tert-alkyl or cyclic N) is 1. The maximum Gasteiger partial charge on any atom is 0.324 e. The van der Waals surface area contributed by atoms with E-state index in [1.807, 2.05) is 11.8 Å². The van der Waals surface area contributed by atoms with E-state index in [9.17, 15) is 15.0 Å². The van der Waals surface area contributed by atoms with E-state index in [4.69, 9.17) is 4.74 Å². The SMILES string of the molecule is CCCC1(C(=O)O)CCCN1CC(O)COC. The Balaban J connectivity index is 2.71. The summed E-state index contributed by atoms with van der Waals surface area (Å²) in [5.41, 5.74) is -0.774. The number of hydrogen-bond donors (Lipinski definition) is 2. The van der Waals surface area contributed by atoms with Crippen LogP contribution < -0.4 is 0 Å². The first kappa shape index (κ1) is 14.4. The van der Waals surface area contributed by atoms with E-state index in [2.05, 4.69) is 0 Å². The van der Waals surface area contributed by atoms with E-state index >= 15 is 0 Å². The molecule has 0 amide bonds. The predicted molar refractivity (Wildman–Crippen MR) is 64.0 cm³/mol. The number of carbonyl (C=O) groups is 1. The molecule has 0 saturated carbocycles. The van der Waals surface area contributed by atoms with Crippen molar-refractivity contribution in [3.63, 3.8) is 0 Å². The highest BCUT2D eigenvalue weighted by Crippen LogP contribution is 2.34. The molecule has 1 aliphatic rings. The highest BCUT2D eigenvalue weighted by atomic mass is 16.5. The maximum absolute atomic E-state index is 11.5. The van der Waals surface area contributed by atoms with Crippen LogP contribution in [0.4, 0.5) is 0 Å². The number of likely N-dealkylation sites (tertiary alicyclic amines) is 1. The van der Waals surface area contributed by atoms with Crippen LogP contribution in [-0.4, -0.2) is 59.5 Å². The summed E-state index contributed by atoms with van der Waals surface area (Å²) in [6.45, 7) is 3.36. The van der Waals surface area contributed by atoms with Gasteiger partial charge in [-0.25, -0.2) is 0 Å². The third kappa shape index (κ3) is 3.18. The van der Waals surface area contributed by atoms with Crippen LogP contribution in [0.3, 0.4) is 0 Å². The monoisotopic (exact) mass is 245 g/mol. The largest absolute Gasteiger partial charge is 0.480 e. The molecule has 0 bridgehead atoms. The third-order valence-electron chi connectivity index (χ3n) is 3.48. The second kappa shape index (κ2) is 6.33. The Morgan fingerprint density at radius 3 is 2.82 bits per heavy atom. The zero-order valence-corrected chi connectivity index (χ0v) is 10.7. The zero-order valence-electron chi connectivity index (χ0n) is 10.7. The first-order valence-corrected chi connectivity index (χ1v) is 6.22. The van der Waals surface area contributed by atoms with Gasteiger partial charge in [-0.3, -0.25) is 9.69 Å². The quantitative estimate of drug-likeness (QED) is 0.691. The molecule has 1 aliphatic heterocycles. The molecule has 100 valence electrons. The van der Waals surface area contributed by atoms with E-state index in [0.717, 1.165) is 19.4 Å². The van der Waals surface area contributed by atoms with Crippen molar-refractivity contribution in [2.75, 3.05) is 26.8 Å². The highest BCUT2D eigenvalue weighted by Gasteiger charge is 2.47. The fourth-order valence-electron chi connectivity index (χ4n) is 2.75. The molecule has 5 heteroatoms. The number of carboxylic acids is 1. The molecule has 1 saturated heterocycles. The maximum atomic E-state index is 11.5. The lowest BCUT2D eigenvalue weighted by Gasteiger charge is -2.35. The van der Waals surface area contributed by atoms with Gasteiger partial charge in [-0.2, -0.15) is 0 Å². The lowest BCUT2D eigenvalue weighted by atomic mass is 9.90. The Morgan fingerprint density at radius 1 is 1.59 bits per heavy atom. The fraction of sp³-hybridized carbons (Fsp3) is 0.917. The first-order chi connectivity index (χ1) is 8.06. The van der Waals surface area contributed by atoms with Gasteiger partial charge in [0.1, 0.15) is 5.54 Å². The molecule has 0 aliphatic carbocycles. The Labute approximate surface area is 102 Å². The van der Waals surface area contributed by atoms with Crippen molar-refractivity contribution < 1.29 is 19.7 Å². The third-order valence-corrected chi connectivity index (χ3v) is 3.48. The molecule has 1 heterocycles. The van der Waals surface area contributed by atoms with Gasteiger partial charge in [0.05, 0.1) is 12.7 Å². The van der Waals surface area contributed by atoms with Gasteiger partial charge in [-0.15, -0.1) is 0 Å². The van der Waals surface area contributed by atoms with Crippen molar-refractivity contribution in [2.45, 2.75) is 44.2 Å². The molecular formula is C12H23NO4. The molecule has 5 nitrogen and oxygen atoms in total. The molecule has 1 fully saturated rings. The second-order valence-corrected chi connectivity index (χ2v) is 4.75. The summed E-state index contributed by atoms with van der Waals surface area (Å²) in [6, 6.07) is 0. The fourth-order valence-corrected chi connectivity index (χ4v) is 2.75. The van der Waals surface area contributed by atoms with Gasteiger partial charge >= 0.3 is 5.97 Å². The smallest absolute Gasteiger partial charge is 0.324 e. The van der Waals surface area contributed by atoms with Crippen molar-refractivity contribution in [1.82, 2.24) is 4.90 Å². The van der Waals surface area contributed by atoms with Crippen LogP contribution in [0.15, 0.2) is 0 Å². The highest BCUT2D eigenvalue weighted by molar-refractivity contribution is 5.79. The number of rotatable bonds is 7. The Kier molecular flexibility index (Phi) is 5.36. The van der Waals surface area contributed by atoms with Gasteiger partial charge in [-0.1, -0.05) is 13.3 Å². The van der Waals surface area contributed by atoms with Crippen LogP contribution in [0.25, 0.3) is 0 Å². The number of carboxylic acid groups (broad SMARTS) is 1. The van der Waals surface area contributed by atoms with Crippen LogP contribution >= 0.6 is 0 Å². The molecule has 0 aromatic rings. The van der Waals surface area contributed by atoms with Gasteiger partial charge in [0.25, 0.3) is 0 Å². The molecule has 0 radical (unpaired) electrons. The summed E-state index contributed by atoms with van der Waals surface area (Å²) < 4.78 is 4.88. The molecule has 17 heavy (non-hydrogen) atoms. The summed E-state index contributed by atoms with van der Waals surface area (Å²) in [4.78, 5) is 13.4. The minimum absolute atomic E-state index is 0.248. The molecule has 2 atom stereocenters. The topological polar surface area (TPSA) is 70.0 Å². The summed E-state index contributed by atoms with van der Waals surface area (Å²) >= 11 is 0. The summed E-state index contributed by atoms with van der Waals surface area (Å²) in [5.74, 6) is -0.763. The van der Waals surface area contributed by atoms with Gasteiger partial charge in [0.15, 0.2) is 0 Å². The standard InChI is InChI=1S/C12H23NO4/c1-3-5-12(11(15)16)6-4-7-13(12)8-10(14)9-17-2/h10,14H,3-9H2,1-2H3,(H,15,16). The summed E-state index contributed by atoms with van der Waals surface area (Å²) in [6.07, 6.45) is 2.42. The van der Waals surface area contributed by atoms with Crippen LogP contribution in [0.1, 0.15) is 32.6 Å². The predicted octanol–water partition coefficient (Wildman–Crippen LogP) is 0.713. The number of ether oxygens (including phenoxy) is 1. The lowest BCUT2D eigenvalue weighted by Crippen LogP contribution is -2.53. The van der Waals surface area contributed by atoms with E-state index in [1.54, 1.807) is 0 Å². The molecule has 2 unspecified atom stereocenters. The molecule has 0 aromatic carbocycles. The van der Waals surface area contributed by atoms with Crippen molar-refractivity contribution >= 4 is 5.97 Å². The number of aliphatic hydroxyl groups excluding tert-OH is 1. The van der Waals surface area contributed by atoms with E-state index < -0.39 is 17.6 Å². The zero-order chi connectivity index (χ0) is 12.9. The number of aliphatic hydroxyl groups is 1. The number of methoxy groups -OCH3 is 1. The minimum Gasteiger partial charge on any atom is -0.480 e. The van der Waals surface area contributed by atoms with Crippen molar-refractivity contribution in [3.8, 4) is 0 Å². The minimum atomic E-state index is -0.774. The summed E-state index contributed by atoms with van der Waals surface area (Å²) in [7, 11) is 1.53. The van der Waals surface area contributed by atoms with E-state index in [1.165, 1.54) is 7.11 Å². The number of nitrogens with zero attached hydrogens (tertiary/aromatic N) is 1. The van der Waals surface area contributed by atoms with Gasteiger partial charge < -0.3 is 14.9 Å². The normalized spacial score (nSPS) is 27.2. The van der Waals surface area contributed by atoms with Gasteiger partial charge in [-0.05, 0) is 25.8 Å². The number of aliphatic carboxylic acids is 1. The van der Waals surface area contributed by atoms with Crippen LogP contribution in [-0.2, 0) is 9.53 Å².